The van der Waals surface area contributed by atoms with Gasteiger partial charge in [0.25, 0.3) is 0 Å². The van der Waals surface area contributed by atoms with Gasteiger partial charge in [0.1, 0.15) is 0 Å². The van der Waals surface area contributed by atoms with Gasteiger partial charge in [-0.3, -0.25) is 0 Å². The van der Waals surface area contributed by atoms with Crippen LogP contribution in [0.4, 0.5) is 45.5 Å². The summed E-state index contributed by atoms with van der Waals surface area (Å²) in [4.78, 5) is 9.60. The molecule has 0 amide bonds. The van der Waals surface area contributed by atoms with Crippen molar-refractivity contribution in [1.82, 2.24) is 0 Å². The number of aryl methyl sites for hydroxylation is 4. The minimum absolute atomic E-state index is 0.974. The Kier molecular flexibility index (Phi) is 11.3. The average molecular weight is 687 g/mol. The molecule has 0 saturated heterocycles. The largest absolute Gasteiger partial charge is 0.372 e. The van der Waals surface area contributed by atoms with Gasteiger partial charge >= 0.3 is 0 Å². The van der Waals surface area contributed by atoms with Crippen molar-refractivity contribution in [2.75, 3.05) is 45.8 Å². The lowest BCUT2D eigenvalue weighted by molar-refractivity contribution is 0.866. The van der Waals surface area contributed by atoms with E-state index in [4.69, 9.17) is 0 Å². The van der Waals surface area contributed by atoms with Crippen molar-refractivity contribution in [3.8, 4) is 11.1 Å². The Hall–Kier alpha value is -5.48. The molecule has 0 N–H and O–H groups in total. The van der Waals surface area contributed by atoms with Gasteiger partial charge in [-0.25, -0.2) is 0 Å². The summed E-state index contributed by atoms with van der Waals surface area (Å²) in [6.45, 7) is 21.5. The highest BCUT2D eigenvalue weighted by molar-refractivity contribution is 5.84. The predicted molar refractivity (Wildman–Crippen MR) is 227 cm³/mol. The Morgan fingerprint density at radius 2 is 0.692 bits per heavy atom. The van der Waals surface area contributed by atoms with E-state index in [0.717, 1.165) is 48.9 Å². The normalized spacial score (nSPS) is 11.0. The standard InChI is InChI=1S/C48H54N4/c1-9-49(10-2)43-15-13-17-45(33-43)51(41-25-19-35(5)20-26-41)47-29-23-39(31-37(47)7)40-24-30-48(38(8)32-40)52(42-27-21-36(6)22-28-42)46-18-14-16-44(34-46)50(11-3)12-4/h13-34H,9-12H2,1-8H3. The molecule has 0 radical (unpaired) electrons. The van der Waals surface area contributed by atoms with E-state index < -0.39 is 0 Å². The molecular formula is C48H54N4. The minimum Gasteiger partial charge on any atom is -0.372 e. The molecule has 0 unspecified atom stereocenters. The van der Waals surface area contributed by atoms with Gasteiger partial charge in [-0.2, -0.15) is 0 Å². The molecule has 0 fully saturated rings. The smallest absolute Gasteiger partial charge is 0.0491 e. The van der Waals surface area contributed by atoms with E-state index >= 15 is 0 Å². The molecule has 0 aliphatic rings. The van der Waals surface area contributed by atoms with Crippen LogP contribution in [0.1, 0.15) is 49.9 Å². The summed E-state index contributed by atoms with van der Waals surface area (Å²) in [5, 5.41) is 0. The Morgan fingerprint density at radius 3 is 1.02 bits per heavy atom. The predicted octanol–water partition coefficient (Wildman–Crippen LogP) is 13.2. The molecule has 6 rings (SSSR count). The molecule has 0 aliphatic carbocycles. The molecule has 0 atom stereocenters. The zero-order valence-corrected chi connectivity index (χ0v) is 32.3. The molecule has 6 aromatic carbocycles. The number of rotatable bonds is 13. The highest BCUT2D eigenvalue weighted by atomic mass is 15.2. The maximum absolute atomic E-state index is 2.40. The fourth-order valence-corrected chi connectivity index (χ4v) is 7.25. The monoisotopic (exact) mass is 686 g/mol. The lowest BCUT2D eigenvalue weighted by Crippen LogP contribution is -2.22. The van der Waals surface area contributed by atoms with E-state index in [1.165, 1.54) is 56.1 Å². The van der Waals surface area contributed by atoms with Crippen LogP contribution in [0.2, 0.25) is 0 Å². The van der Waals surface area contributed by atoms with Crippen molar-refractivity contribution >= 4 is 45.5 Å². The zero-order chi connectivity index (χ0) is 36.8. The highest BCUT2D eigenvalue weighted by Gasteiger charge is 2.19. The molecular weight excluding hydrogens is 633 g/mol. The summed E-state index contributed by atoms with van der Waals surface area (Å²) in [6.07, 6.45) is 0. The number of benzene rings is 6. The van der Waals surface area contributed by atoms with Gasteiger partial charge in [0.15, 0.2) is 0 Å². The Morgan fingerprint density at radius 1 is 0.346 bits per heavy atom. The molecule has 0 aliphatic heterocycles. The van der Waals surface area contributed by atoms with E-state index in [2.05, 4.69) is 208 Å². The fraction of sp³-hybridized carbons (Fsp3) is 0.250. The highest BCUT2D eigenvalue weighted by Crippen LogP contribution is 2.42. The molecule has 266 valence electrons. The van der Waals surface area contributed by atoms with Crippen molar-refractivity contribution in [2.45, 2.75) is 55.4 Å². The summed E-state index contributed by atoms with van der Waals surface area (Å²) >= 11 is 0. The summed E-state index contributed by atoms with van der Waals surface area (Å²) in [7, 11) is 0. The topological polar surface area (TPSA) is 13.0 Å². The van der Waals surface area contributed by atoms with Crippen molar-refractivity contribution in [3.05, 3.63) is 156 Å². The molecule has 4 heteroatoms. The number of hydrogen-bond acceptors (Lipinski definition) is 4. The second kappa shape index (κ2) is 16.2. The van der Waals surface area contributed by atoms with Gasteiger partial charge in [-0.05, 0) is 163 Å². The van der Waals surface area contributed by atoms with Crippen LogP contribution in [-0.4, -0.2) is 26.2 Å². The van der Waals surface area contributed by atoms with Crippen LogP contribution in [-0.2, 0) is 0 Å². The molecule has 0 bridgehead atoms. The first-order valence-electron chi connectivity index (χ1n) is 18.9. The van der Waals surface area contributed by atoms with Crippen molar-refractivity contribution in [2.24, 2.45) is 0 Å². The third kappa shape index (κ3) is 7.72. The van der Waals surface area contributed by atoms with Crippen LogP contribution < -0.4 is 19.6 Å². The quantitative estimate of drug-likeness (QED) is 0.120. The SMILES string of the molecule is CCN(CC)c1cccc(N(c2ccc(C)cc2)c2ccc(-c3ccc(N(c4ccc(C)cc4)c4cccc(N(CC)CC)c4)c(C)c3)cc2C)c1. The van der Waals surface area contributed by atoms with E-state index in [-0.39, 0.29) is 0 Å². The summed E-state index contributed by atoms with van der Waals surface area (Å²) in [5.74, 6) is 0. The number of anilines is 8. The van der Waals surface area contributed by atoms with Crippen LogP contribution in [0.15, 0.2) is 133 Å². The molecule has 52 heavy (non-hydrogen) atoms. The van der Waals surface area contributed by atoms with Crippen LogP contribution in [0.5, 0.6) is 0 Å². The second-order valence-electron chi connectivity index (χ2n) is 13.7. The fourth-order valence-electron chi connectivity index (χ4n) is 7.25. The second-order valence-corrected chi connectivity index (χ2v) is 13.7. The summed E-state index contributed by atoms with van der Waals surface area (Å²) in [5.41, 5.74) is 16.8. The first kappa shape index (κ1) is 36.3. The molecule has 0 heterocycles. The van der Waals surface area contributed by atoms with E-state index in [1.807, 2.05) is 0 Å². The van der Waals surface area contributed by atoms with Crippen LogP contribution >= 0.6 is 0 Å². The maximum Gasteiger partial charge on any atom is 0.0491 e. The van der Waals surface area contributed by atoms with Crippen LogP contribution in [0.25, 0.3) is 11.1 Å². The van der Waals surface area contributed by atoms with Crippen molar-refractivity contribution in [3.63, 3.8) is 0 Å². The van der Waals surface area contributed by atoms with Gasteiger partial charge < -0.3 is 19.6 Å². The molecule has 4 nitrogen and oxygen atoms in total. The molecule has 0 spiro atoms. The van der Waals surface area contributed by atoms with E-state index in [1.54, 1.807) is 0 Å². The van der Waals surface area contributed by atoms with Crippen molar-refractivity contribution < 1.29 is 0 Å². The lowest BCUT2D eigenvalue weighted by Gasteiger charge is -2.30. The van der Waals surface area contributed by atoms with E-state index in [9.17, 15) is 0 Å². The lowest BCUT2D eigenvalue weighted by atomic mass is 9.98. The van der Waals surface area contributed by atoms with Crippen LogP contribution in [0.3, 0.4) is 0 Å². The third-order valence-electron chi connectivity index (χ3n) is 10.2. The third-order valence-corrected chi connectivity index (χ3v) is 10.2. The number of hydrogen-bond donors (Lipinski definition) is 0. The molecule has 0 saturated carbocycles. The average Bonchev–Trinajstić information content (AvgIpc) is 3.16. The van der Waals surface area contributed by atoms with Crippen molar-refractivity contribution in [1.29, 1.82) is 0 Å². The van der Waals surface area contributed by atoms with Gasteiger partial charge in [0, 0.05) is 71.7 Å². The van der Waals surface area contributed by atoms with E-state index in [0.29, 0.717) is 0 Å². The number of nitrogens with zero attached hydrogens (tertiary/aromatic N) is 4. The molecule has 0 aromatic heterocycles. The van der Waals surface area contributed by atoms with Gasteiger partial charge in [-0.15, -0.1) is 0 Å². The summed E-state index contributed by atoms with van der Waals surface area (Å²) in [6, 6.07) is 49.4. The Balaban J connectivity index is 1.39. The van der Waals surface area contributed by atoms with Crippen LogP contribution in [0, 0.1) is 27.7 Å². The first-order chi connectivity index (χ1) is 25.2. The minimum atomic E-state index is 0.974. The first-order valence-corrected chi connectivity index (χ1v) is 18.9. The van der Waals surface area contributed by atoms with Gasteiger partial charge in [0.05, 0.1) is 0 Å². The zero-order valence-electron chi connectivity index (χ0n) is 32.3. The summed E-state index contributed by atoms with van der Waals surface area (Å²) < 4.78 is 0. The Bertz CT molecular complexity index is 1940. The Labute approximate surface area is 312 Å². The van der Waals surface area contributed by atoms with Gasteiger partial charge in [0.2, 0.25) is 0 Å². The van der Waals surface area contributed by atoms with Gasteiger partial charge in [-0.1, -0.05) is 59.7 Å². The molecule has 6 aromatic rings. The maximum atomic E-state index is 2.40.